The summed E-state index contributed by atoms with van der Waals surface area (Å²) in [4.78, 5) is 4.19. The maximum atomic E-state index is 5.52. The summed E-state index contributed by atoms with van der Waals surface area (Å²) in [5.41, 5.74) is 1.08. The van der Waals surface area contributed by atoms with Crippen molar-refractivity contribution in [3.05, 3.63) is 47.9 Å². The third kappa shape index (κ3) is 5.95. The number of nitrogens with one attached hydrogen (secondary N) is 2. The first-order valence-corrected chi connectivity index (χ1v) is 7.53. The molecule has 0 fully saturated rings. The molecule has 0 aliphatic heterocycles. The van der Waals surface area contributed by atoms with Crippen LogP contribution in [0.4, 0.5) is 0 Å². The normalized spacial score (nSPS) is 10.7. The molecule has 2 N–H and O–H groups in total. The van der Waals surface area contributed by atoms with Gasteiger partial charge in [-0.05, 0) is 36.8 Å². The van der Waals surface area contributed by atoms with Gasteiger partial charge in [0.05, 0.1) is 26.5 Å². The summed E-state index contributed by atoms with van der Waals surface area (Å²) in [5.74, 6) is 3.04. The summed E-state index contributed by atoms with van der Waals surface area (Å²) in [5, 5.41) is 6.44. The van der Waals surface area contributed by atoms with Gasteiger partial charge in [-0.2, -0.15) is 0 Å². The average molecular weight is 445 g/mol. The molecule has 0 atom stereocenters. The fourth-order valence-corrected chi connectivity index (χ4v) is 2.09. The molecular formula is C17H24IN3O3. The minimum Gasteiger partial charge on any atom is -0.493 e. The van der Waals surface area contributed by atoms with Gasteiger partial charge in [-0.3, -0.25) is 4.99 Å². The molecule has 1 aromatic carbocycles. The van der Waals surface area contributed by atoms with Crippen molar-refractivity contribution in [3.63, 3.8) is 0 Å². The van der Waals surface area contributed by atoms with Crippen LogP contribution in [0.2, 0.25) is 0 Å². The van der Waals surface area contributed by atoms with Crippen molar-refractivity contribution in [2.75, 3.05) is 20.8 Å². The van der Waals surface area contributed by atoms with Crippen LogP contribution in [0.1, 0.15) is 18.2 Å². The predicted octanol–water partition coefficient (Wildman–Crippen LogP) is 3.17. The summed E-state index contributed by atoms with van der Waals surface area (Å²) < 4.78 is 16.2. The molecule has 0 aliphatic carbocycles. The largest absolute Gasteiger partial charge is 0.493 e. The molecule has 6 nitrogen and oxygen atoms in total. The summed E-state index contributed by atoms with van der Waals surface area (Å²) in [6.45, 7) is 3.76. The fourth-order valence-electron chi connectivity index (χ4n) is 2.09. The van der Waals surface area contributed by atoms with Crippen molar-refractivity contribution in [3.8, 4) is 11.5 Å². The highest BCUT2D eigenvalue weighted by Crippen LogP contribution is 2.27. The van der Waals surface area contributed by atoms with E-state index >= 15 is 0 Å². The zero-order valence-corrected chi connectivity index (χ0v) is 16.5. The van der Waals surface area contributed by atoms with Gasteiger partial charge in [0.2, 0.25) is 0 Å². The summed E-state index contributed by atoms with van der Waals surface area (Å²) in [6, 6.07) is 9.65. The van der Waals surface area contributed by atoms with Crippen LogP contribution in [0.5, 0.6) is 11.5 Å². The maximum absolute atomic E-state index is 5.52. The van der Waals surface area contributed by atoms with E-state index in [1.807, 2.05) is 37.3 Å². The lowest BCUT2D eigenvalue weighted by Crippen LogP contribution is -2.36. The highest BCUT2D eigenvalue weighted by atomic mass is 127. The van der Waals surface area contributed by atoms with Gasteiger partial charge in [-0.15, -0.1) is 24.0 Å². The zero-order chi connectivity index (χ0) is 16.5. The molecule has 2 rings (SSSR count). The molecule has 0 spiro atoms. The van der Waals surface area contributed by atoms with Crippen LogP contribution >= 0.6 is 24.0 Å². The minimum atomic E-state index is 0. The van der Waals surface area contributed by atoms with Crippen molar-refractivity contribution in [2.45, 2.75) is 20.0 Å². The van der Waals surface area contributed by atoms with Crippen LogP contribution in [0.25, 0.3) is 0 Å². The number of rotatable bonds is 7. The van der Waals surface area contributed by atoms with Crippen LogP contribution in [0.15, 0.2) is 46.0 Å². The number of nitrogens with zero attached hydrogens (tertiary/aromatic N) is 1. The summed E-state index contributed by atoms with van der Waals surface area (Å²) in [6.07, 6.45) is 1.65. The van der Waals surface area contributed by atoms with Crippen molar-refractivity contribution in [2.24, 2.45) is 4.99 Å². The molecule has 0 saturated carbocycles. The number of ether oxygens (including phenoxy) is 2. The second-order valence-electron chi connectivity index (χ2n) is 4.78. The summed E-state index contributed by atoms with van der Waals surface area (Å²) >= 11 is 0. The van der Waals surface area contributed by atoms with E-state index in [4.69, 9.17) is 13.9 Å². The van der Waals surface area contributed by atoms with E-state index in [0.29, 0.717) is 25.7 Å². The number of benzene rings is 1. The number of hydrogen-bond donors (Lipinski definition) is 2. The van der Waals surface area contributed by atoms with Crippen LogP contribution in [0.3, 0.4) is 0 Å². The highest BCUT2D eigenvalue weighted by Gasteiger charge is 2.06. The van der Waals surface area contributed by atoms with Gasteiger partial charge in [0.15, 0.2) is 17.5 Å². The van der Waals surface area contributed by atoms with E-state index < -0.39 is 0 Å². The molecular weight excluding hydrogens is 421 g/mol. The van der Waals surface area contributed by atoms with Crippen molar-refractivity contribution >= 4 is 29.9 Å². The van der Waals surface area contributed by atoms with Crippen molar-refractivity contribution < 1.29 is 13.9 Å². The smallest absolute Gasteiger partial charge is 0.191 e. The van der Waals surface area contributed by atoms with Gasteiger partial charge in [0, 0.05) is 13.6 Å². The monoisotopic (exact) mass is 445 g/mol. The maximum Gasteiger partial charge on any atom is 0.191 e. The lowest BCUT2D eigenvalue weighted by molar-refractivity contribution is 0.310. The first-order chi connectivity index (χ1) is 11.3. The Morgan fingerprint density at radius 1 is 1.17 bits per heavy atom. The lowest BCUT2D eigenvalue weighted by Gasteiger charge is -2.13. The summed E-state index contributed by atoms with van der Waals surface area (Å²) in [7, 11) is 3.37. The van der Waals surface area contributed by atoms with E-state index in [-0.39, 0.29) is 24.0 Å². The highest BCUT2D eigenvalue weighted by molar-refractivity contribution is 14.0. The Hall–Kier alpha value is -1.90. The first-order valence-electron chi connectivity index (χ1n) is 7.53. The Balaban J connectivity index is 0.00000288. The van der Waals surface area contributed by atoms with Gasteiger partial charge in [0.25, 0.3) is 0 Å². The molecule has 24 heavy (non-hydrogen) atoms. The Bertz CT molecular complexity index is 630. The van der Waals surface area contributed by atoms with Crippen LogP contribution in [-0.2, 0) is 13.1 Å². The molecule has 0 aliphatic rings. The molecule has 132 valence electrons. The molecule has 1 heterocycles. The standard InChI is InChI=1S/C17H23N3O3.HI/c1-4-22-15-8-7-13(10-16(15)21-3)11-19-17(18-2)20-12-14-6-5-9-23-14;/h5-10H,4,11-12H2,1-3H3,(H2,18,19,20);1H. The van der Waals surface area contributed by atoms with E-state index in [9.17, 15) is 0 Å². The van der Waals surface area contributed by atoms with Crippen LogP contribution in [-0.4, -0.2) is 26.7 Å². The van der Waals surface area contributed by atoms with Crippen molar-refractivity contribution in [1.29, 1.82) is 0 Å². The molecule has 0 amide bonds. The minimum absolute atomic E-state index is 0. The number of furan rings is 1. The third-order valence-corrected chi connectivity index (χ3v) is 3.22. The molecule has 0 unspecified atom stereocenters. The second kappa shape index (κ2) is 10.8. The molecule has 7 heteroatoms. The molecule has 1 aromatic heterocycles. The Morgan fingerprint density at radius 3 is 2.58 bits per heavy atom. The SMILES string of the molecule is CCOc1ccc(CNC(=NC)NCc2ccco2)cc1OC.I. The van der Waals surface area contributed by atoms with E-state index in [1.165, 1.54) is 0 Å². The first kappa shape index (κ1) is 20.1. The Labute approximate surface area is 159 Å². The number of methoxy groups -OCH3 is 1. The lowest BCUT2D eigenvalue weighted by atomic mass is 10.2. The average Bonchev–Trinajstić information content (AvgIpc) is 3.09. The number of guanidine groups is 1. The third-order valence-electron chi connectivity index (χ3n) is 3.22. The number of aliphatic imine (C=N–C) groups is 1. The van der Waals surface area contributed by atoms with Crippen LogP contribution < -0.4 is 20.1 Å². The van der Waals surface area contributed by atoms with Gasteiger partial charge in [0.1, 0.15) is 5.76 Å². The van der Waals surface area contributed by atoms with Crippen molar-refractivity contribution in [1.82, 2.24) is 10.6 Å². The van der Waals surface area contributed by atoms with E-state index in [1.54, 1.807) is 20.4 Å². The topological polar surface area (TPSA) is 68.0 Å². The number of hydrogen-bond acceptors (Lipinski definition) is 4. The molecule has 2 aromatic rings. The number of halogens is 1. The van der Waals surface area contributed by atoms with Gasteiger partial charge >= 0.3 is 0 Å². The zero-order valence-electron chi connectivity index (χ0n) is 14.2. The van der Waals surface area contributed by atoms with Gasteiger partial charge in [-0.25, -0.2) is 0 Å². The quantitative estimate of drug-likeness (QED) is 0.390. The van der Waals surface area contributed by atoms with E-state index in [0.717, 1.165) is 22.8 Å². The van der Waals surface area contributed by atoms with Gasteiger partial charge in [-0.1, -0.05) is 6.07 Å². The molecule has 0 saturated heterocycles. The fraction of sp³-hybridized carbons (Fsp3) is 0.353. The Kier molecular flexibility index (Phi) is 9.06. The Morgan fingerprint density at radius 2 is 1.96 bits per heavy atom. The predicted molar refractivity (Wildman–Crippen MR) is 105 cm³/mol. The molecule has 0 radical (unpaired) electrons. The second-order valence-corrected chi connectivity index (χ2v) is 4.78. The molecule has 0 bridgehead atoms. The van der Waals surface area contributed by atoms with E-state index in [2.05, 4.69) is 15.6 Å². The van der Waals surface area contributed by atoms with Crippen LogP contribution in [0, 0.1) is 0 Å². The van der Waals surface area contributed by atoms with Gasteiger partial charge < -0.3 is 24.5 Å².